The third kappa shape index (κ3) is 2.87. The fraction of sp³-hybridized carbons (Fsp3) is 0.875. The van der Waals surface area contributed by atoms with E-state index in [1.165, 1.54) is 0 Å². The van der Waals surface area contributed by atoms with Crippen LogP contribution in [0.1, 0.15) is 26.2 Å². The second kappa shape index (κ2) is 4.32. The normalized spacial score (nSPS) is 27.5. The zero-order chi connectivity index (χ0) is 8.10. The average molecular weight is 155 g/mol. The Bertz CT molecular complexity index is 147. The molecule has 0 radical (unpaired) electrons. The summed E-state index contributed by atoms with van der Waals surface area (Å²) in [6.45, 7) is 2.50. The molecule has 1 rings (SSSR count). The molecule has 2 atom stereocenters. The summed E-state index contributed by atoms with van der Waals surface area (Å²) >= 11 is 0. The zero-order valence-electron chi connectivity index (χ0n) is 6.75. The van der Waals surface area contributed by atoms with E-state index in [2.05, 4.69) is 0 Å². The predicted molar refractivity (Wildman–Crippen MR) is 39.8 cm³/mol. The van der Waals surface area contributed by atoms with E-state index < -0.39 is 0 Å². The van der Waals surface area contributed by atoms with Gasteiger partial charge in [-0.25, -0.2) is 0 Å². The van der Waals surface area contributed by atoms with Gasteiger partial charge in [0.15, 0.2) is 6.29 Å². The van der Waals surface area contributed by atoms with Crippen LogP contribution < -0.4 is 0 Å². The molecule has 11 heavy (non-hydrogen) atoms. The van der Waals surface area contributed by atoms with Crippen LogP contribution in [0.4, 0.5) is 0 Å². The van der Waals surface area contributed by atoms with Gasteiger partial charge in [-0.15, -0.1) is 0 Å². The molecule has 3 nitrogen and oxygen atoms in total. The van der Waals surface area contributed by atoms with Crippen molar-refractivity contribution in [2.45, 2.75) is 38.6 Å². The molecule has 0 saturated carbocycles. The minimum Gasteiger partial charge on any atom is -0.353 e. The summed E-state index contributed by atoms with van der Waals surface area (Å²) in [6.07, 6.45) is 2.69. The lowest BCUT2D eigenvalue weighted by Crippen LogP contribution is -2.25. The van der Waals surface area contributed by atoms with Gasteiger partial charge in [0.2, 0.25) is 0 Å². The lowest BCUT2D eigenvalue weighted by Gasteiger charge is -2.23. The van der Waals surface area contributed by atoms with Crippen LogP contribution in [-0.4, -0.2) is 19.0 Å². The smallest absolute Gasteiger partial charge is 0.159 e. The molecule has 62 valence electrons. The van der Waals surface area contributed by atoms with E-state index in [0.717, 1.165) is 25.9 Å². The van der Waals surface area contributed by atoms with Crippen LogP contribution >= 0.6 is 0 Å². The van der Waals surface area contributed by atoms with Crippen LogP contribution in [0.15, 0.2) is 0 Å². The van der Waals surface area contributed by atoms with Gasteiger partial charge in [-0.05, 0) is 26.2 Å². The van der Waals surface area contributed by atoms with Gasteiger partial charge in [-0.3, -0.25) is 0 Å². The number of hydrogen-bond donors (Lipinski definition) is 0. The fourth-order valence-electron chi connectivity index (χ4n) is 1.08. The number of nitrogens with zero attached hydrogens (tertiary/aromatic N) is 1. The van der Waals surface area contributed by atoms with Crippen molar-refractivity contribution in [3.05, 3.63) is 0 Å². The van der Waals surface area contributed by atoms with E-state index in [1.807, 2.05) is 6.07 Å². The summed E-state index contributed by atoms with van der Waals surface area (Å²) < 4.78 is 10.5. The summed E-state index contributed by atoms with van der Waals surface area (Å²) in [7, 11) is 0. The van der Waals surface area contributed by atoms with Gasteiger partial charge in [-0.1, -0.05) is 0 Å². The third-order valence-electron chi connectivity index (χ3n) is 1.68. The Morgan fingerprint density at radius 2 is 2.45 bits per heavy atom. The van der Waals surface area contributed by atoms with Gasteiger partial charge in [0, 0.05) is 6.61 Å². The topological polar surface area (TPSA) is 42.2 Å². The molecule has 0 aromatic heterocycles. The predicted octanol–water partition coefficient (Wildman–Crippen LogP) is 1.44. The summed E-state index contributed by atoms with van der Waals surface area (Å²) in [5.41, 5.74) is 0. The molecule has 1 aliphatic heterocycles. The van der Waals surface area contributed by atoms with Gasteiger partial charge >= 0.3 is 0 Å². The van der Waals surface area contributed by atoms with Crippen molar-refractivity contribution in [2.24, 2.45) is 0 Å². The van der Waals surface area contributed by atoms with Crippen LogP contribution in [-0.2, 0) is 9.47 Å². The third-order valence-corrected chi connectivity index (χ3v) is 1.68. The minimum atomic E-state index is -0.349. The standard InChI is InChI=1S/C8H13NO2/c1-7(6-9)11-8-4-2-3-5-10-8/h7-8H,2-5H2,1H3/t7-,8+/m0/s1. The second-order valence-corrected chi connectivity index (χ2v) is 2.70. The van der Waals surface area contributed by atoms with Crippen molar-refractivity contribution < 1.29 is 9.47 Å². The molecule has 0 aromatic carbocycles. The summed E-state index contributed by atoms with van der Waals surface area (Å²) in [6, 6.07) is 2.01. The van der Waals surface area contributed by atoms with Crippen LogP contribution in [0.5, 0.6) is 0 Å². The van der Waals surface area contributed by atoms with Crippen LogP contribution in [0, 0.1) is 11.3 Å². The van der Waals surface area contributed by atoms with E-state index in [0.29, 0.717) is 0 Å². The van der Waals surface area contributed by atoms with Gasteiger partial charge in [0.25, 0.3) is 0 Å². The highest BCUT2D eigenvalue weighted by atomic mass is 16.7. The van der Waals surface area contributed by atoms with Crippen LogP contribution in [0.25, 0.3) is 0 Å². The lowest BCUT2D eigenvalue weighted by molar-refractivity contribution is -0.173. The largest absolute Gasteiger partial charge is 0.353 e. The molecule has 0 spiro atoms. The van der Waals surface area contributed by atoms with Crippen molar-refractivity contribution in [2.75, 3.05) is 6.61 Å². The Morgan fingerprint density at radius 1 is 1.64 bits per heavy atom. The maximum Gasteiger partial charge on any atom is 0.159 e. The number of rotatable bonds is 2. The molecule has 0 N–H and O–H groups in total. The Balaban J connectivity index is 2.20. The number of hydrogen-bond acceptors (Lipinski definition) is 3. The van der Waals surface area contributed by atoms with Crippen LogP contribution in [0.2, 0.25) is 0 Å². The van der Waals surface area contributed by atoms with Crippen molar-refractivity contribution in [3.8, 4) is 6.07 Å². The molecule has 0 aromatic rings. The average Bonchev–Trinajstić information content (AvgIpc) is 2.06. The fourth-order valence-corrected chi connectivity index (χ4v) is 1.08. The van der Waals surface area contributed by atoms with Gasteiger partial charge < -0.3 is 9.47 Å². The minimum absolute atomic E-state index is 0.140. The molecule has 0 amide bonds. The number of nitriles is 1. The lowest BCUT2D eigenvalue weighted by atomic mass is 10.2. The maximum atomic E-state index is 8.43. The summed E-state index contributed by atoms with van der Waals surface area (Å²) in [5.74, 6) is 0. The molecule has 0 aliphatic carbocycles. The van der Waals surface area contributed by atoms with Crippen molar-refractivity contribution in [1.82, 2.24) is 0 Å². The molecular formula is C8H13NO2. The highest BCUT2D eigenvalue weighted by Crippen LogP contribution is 2.14. The monoisotopic (exact) mass is 155 g/mol. The molecule has 3 heteroatoms. The number of ether oxygens (including phenoxy) is 2. The quantitative estimate of drug-likeness (QED) is 0.606. The van der Waals surface area contributed by atoms with Gasteiger partial charge in [-0.2, -0.15) is 5.26 Å². The summed E-state index contributed by atoms with van der Waals surface area (Å²) in [5, 5.41) is 8.43. The maximum absolute atomic E-state index is 8.43. The van der Waals surface area contributed by atoms with E-state index in [-0.39, 0.29) is 12.4 Å². The first-order valence-corrected chi connectivity index (χ1v) is 3.99. The SMILES string of the molecule is C[C@@H](C#N)O[C@@H]1CCCCO1. The molecule has 0 bridgehead atoms. The Kier molecular flexibility index (Phi) is 3.34. The van der Waals surface area contributed by atoms with E-state index in [9.17, 15) is 0 Å². The molecule has 0 unspecified atom stereocenters. The zero-order valence-corrected chi connectivity index (χ0v) is 6.75. The van der Waals surface area contributed by atoms with E-state index >= 15 is 0 Å². The first kappa shape index (κ1) is 8.51. The van der Waals surface area contributed by atoms with Gasteiger partial charge in [0.05, 0.1) is 6.07 Å². The van der Waals surface area contributed by atoms with Crippen LogP contribution in [0.3, 0.4) is 0 Å². The molecular weight excluding hydrogens is 142 g/mol. The second-order valence-electron chi connectivity index (χ2n) is 2.70. The molecule has 1 aliphatic rings. The van der Waals surface area contributed by atoms with E-state index in [4.69, 9.17) is 14.7 Å². The molecule has 1 heterocycles. The highest BCUT2D eigenvalue weighted by molar-refractivity contribution is 4.79. The van der Waals surface area contributed by atoms with E-state index in [1.54, 1.807) is 6.92 Å². The van der Waals surface area contributed by atoms with Crippen molar-refractivity contribution >= 4 is 0 Å². The van der Waals surface area contributed by atoms with Crippen molar-refractivity contribution in [1.29, 1.82) is 5.26 Å². The molecule has 1 fully saturated rings. The van der Waals surface area contributed by atoms with Gasteiger partial charge in [0.1, 0.15) is 6.10 Å². The highest BCUT2D eigenvalue weighted by Gasteiger charge is 2.16. The Morgan fingerprint density at radius 3 is 3.00 bits per heavy atom. The first-order chi connectivity index (χ1) is 5.33. The Labute approximate surface area is 66.9 Å². The Hall–Kier alpha value is -0.590. The molecule has 1 saturated heterocycles. The first-order valence-electron chi connectivity index (χ1n) is 3.99. The van der Waals surface area contributed by atoms with Crippen molar-refractivity contribution in [3.63, 3.8) is 0 Å². The summed E-state index contributed by atoms with van der Waals surface area (Å²) in [4.78, 5) is 0.